The highest BCUT2D eigenvalue weighted by Crippen LogP contribution is 2.16. The Balaban J connectivity index is 2.25. The average Bonchev–Trinajstić information content (AvgIpc) is 2.88. The molecule has 2 aromatic carbocycles. The number of hydrogen-bond acceptors (Lipinski definition) is 5. The number of carbonyl (C=O) groups excluding carboxylic acids is 3. The predicted octanol–water partition coefficient (Wildman–Crippen LogP) is 4.37. The fourth-order valence-electron chi connectivity index (χ4n) is 4.28. The van der Waals surface area contributed by atoms with Gasteiger partial charge in [-0.3, -0.25) is 9.59 Å². The molecule has 0 radical (unpaired) electrons. The maximum atomic E-state index is 13.7. The molecule has 8 nitrogen and oxygen atoms in total. The summed E-state index contributed by atoms with van der Waals surface area (Å²) in [7, 11) is 0. The van der Waals surface area contributed by atoms with E-state index in [-0.39, 0.29) is 37.5 Å². The van der Waals surface area contributed by atoms with Crippen molar-refractivity contribution in [1.29, 1.82) is 0 Å². The molecule has 0 heterocycles. The fourth-order valence-corrected chi connectivity index (χ4v) is 4.28. The standard InChI is InChI=1S/C29H39F2N3O5/c1-5-10-34(11-6-2)28(37)22-13-19(4)12-21(16-22)27(36)33-25(26(35)18-32-29(38)39-7-3)9-8-20-14-23(30)17-24(31)15-20/h12-17,25-26,35H,5-11,18H2,1-4H3,(H,32,38)(H,33,36)/t25-,26+/m0/s1. The Bertz CT molecular complexity index is 1100. The minimum Gasteiger partial charge on any atom is -0.450 e. The molecule has 214 valence electrons. The van der Waals surface area contributed by atoms with Crippen molar-refractivity contribution in [1.82, 2.24) is 15.5 Å². The number of ether oxygens (including phenoxy) is 1. The summed E-state index contributed by atoms with van der Waals surface area (Å²) in [6, 6.07) is 7.13. The van der Waals surface area contributed by atoms with Gasteiger partial charge in [-0.1, -0.05) is 13.8 Å². The number of aliphatic hydroxyl groups excluding tert-OH is 1. The van der Waals surface area contributed by atoms with E-state index in [9.17, 15) is 28.3 Å². The second kappa shape index (κ2) is 15.8. The van der Waals surface area contributed by atoms with Crippen molar-refractivity contribution in [2.24, 2.45) is 0 Å². The zero-order valence-corrected chi connectivity index (χ0v) is 23.1. The Kier molecular flexibility index (Phi) is 12.8. The second-order valence-corrected chi connectivity index (χ2v) is 9.44. The van der Waals surface area contributed by atoms with Gasteiger partial charge in [0.25, 0.3) is 11.8 Å². The van der Waals surface area contributed by atoms with Crippen LogP contribution in [0.5, 0.6) is 0 Å². The molecule has 2 aromatic rings. The molecule has 10 heteroatoms. The first-order valence-corrected chi connectivity index (χ1v) is 13.3. The zero-order valence-electron chi connectivity index (χ0n) is 23.1. The molecule has 0 aromatic heterocycles. The molecule has 0 fully saturated rings. The van der Waals surface area contributed by atoms with Crippen LogP contribution in [-0.2, 0) is 11.2 Å². The van der Waals surface area contributed by atoms with Crippen LogP contribution in [0.3, 0.4) is 0 Å². The van der Waals surface area contributed by atoms with Gasteiger partial charge >= 0.3 is 6.09 Å². The Labute approximate surface area is 228 Å². The molecule has 0 aliphatic heterocycles. The predicted molar refractivity (Wildman–Crippen MR) is 145 cm³/mol. The zero-order chi connectivity index (χ0) is 28.9. The number of aryl methyl sites for hydroxylation is 2. The SMILES string of the molecule is CCCN(CCC)C(=O)c1cc(C)cc(C(=O)N[C@@H](CCc2cc(F)cc(F)c2)[C@H](O)CNC(=O)OCC)c1. The minimum absolute atomic E-state index is 0.124. The summed E-state index contributed by atoms with van der Waals surface area (Å²) in [6.07, 6.45) is -0.0689. The summed E-state index contributed by atoms with van der Waals surface area (Å²) in [6.45, 7) is 8.54. The summed E-state index contributed by atoms with van der Waals surface area (Å²) in [5.74, 6) is -2.16. The van der Waals surface area contributed by atoms with Crippen LogP contribution in [0.15, 0.2) is 36.4 Å². The number of rotatable bonds is 14. The van der Waals surface area contributed by atoms with Crippen LogP contribution in [0.2, 0.25) is 0 Å². The van der Waals surface area contributed by atoms with Gasteiger partial charge in [0, 0.05) is 36.8 Å². The van der Waals surface area contributed by atoms with E-state index in [2.05, 4.69) is 10.6 Å². The van der Waals surface area contributed by atoms with Crippen molar-refractivity contribution in [2.75, 3.05) is 26.2 Å². The molecule has 39 heavy (non-hydrogen) atoms. The van der Waals surface area contributed by atoms with Crippen LogP contribution < -0.4 is 10.6 Å². The van der Waals surface area contributed by atoms with Gasteiger partial charge in [0.05, 0.1) is 18.8 Å². The second-order valence-electron chi connectivity index (χ2n) is 9.44. The van der Waals surface area contributed by atoms with E-state index in [1.807, 2.05) is 13.8 Å². The molecule has 0 saturated carbocycles. The van der Waals surface area contributed by atoms with Gasteiger partial charge < -0.3 is 25.4 Å². The smallest absolute Gasteiger partial charge is 0.407 e. The van der Waals surface area contributed by atoms with E-state index in [0.29, 0.717) is 24.2 Å². The highest BCUT2D eigenvalue weighted by molar-refractivity contribution is 6.00. The lowest BCUT2D eigenvalue weighted by molar-refractivity contribution is 0.0755. The number of halogens is 2. The van der Waals surface area contributed by atoms with Crippen LogP contribution >= 0.6 is 0 Å². The van der Waals surface area contributed by atoms with Crippen molar-refractivity contribution in [3.8, 4) is 0 Å². The third-order valence-corrected chi connectivity index (χ3v) is 6.04. The number of benzene rings is 2. The molecule has 3 N–H and O–H groups in total. The van der Waals surface area contributed by atoms with Crippen LogP contribution in [0, 0.1) is 18.6 Å². The fraction of sp³-hybridized carbons (Fsp3) is 0.483. The van der Waals surface area contributed by atoms with Crippen LogP contribution in [0.1, 0.15) is 71.9 Å². The van der Waals surface area contributed by atoms with E-state index in [1.165, 1.54) is 18.2 Å². The Morgan fingerprint density at radius 1 is 0.949 bits per heavy atom. The van der Waals surface area contributed by atoms with Gasteiger partial charge in [-0.05, 0) is 81.0 Å². The molecule has 0 unspecified atom stereocenters. The van der Waals surface area contributed by atoms with Gasteiger partial charge in [0.2, 0.25) is 0 Å². The van der Waals surface area contributed by atoms with E-state index < -0.39 is 35.8 Å². The number of hydrogen-bond donors (Lipinski definition) is 3. The van der Waals surface area contributed by atoms with Gasteiger partial charge in [-0.25, -0.2) is 13.6 Å². The number of carbonyl (C=O) groups is 3. The van der Waals surface area contributed by atoms with E-state index in [1.54, 1.807) is 30.9 Å². The topological polar surface area (TPSA) is 108 Å². The molecule has 0 aliphatic carbocycles. The molecular formula is C29H39F2N3O5. The number of amides is 3. The van der Waals surface area contributed by atoms with Gasteiger partial charge in [0.1, 0.15) is 11.6 Å². The summed E-state index contributed by atoms with van der Waals surface area (Å²) in [5, 5.41) is 16.0. The van der Waals surface area contributed by atoms with Gasteiger partial charge in [-0.2, -0.15) is 0 Å². The largest absolute Gasteiger partial charge is 0.450 e. The number of nitrogens with zero attached hydrogens (tertiary/aromatic N) is 1. The molecule has 2 atom stereocenters. The summed E-state index contributed by atoms with van der Waals surface area (Å²) in [5.41, 5.74) is 1.69. The Morgan fingerprint density at radius 2 is 1.56 bits per heavy atom. The highest BCUT2D eigenvalue weighted by Gasteiger charge is 2.24. The third kappa shape index (κ3) is 10.3. The van der Waals surface area contributed by atoms with Crippen LogP contribution in [0.25, 0.3) is 0 Å². The van der Waals surface area contributed by atoms with Crippen molar-refractivity contribution >= 4 is 17.9 Å². The van der Waals surface area contributed by atoms with Crippen molar-refractivity contribution in [3.63, 3.8) is 0 Å². The first-order chi connectivity index (χ1) is 18.6. The number of aliphatic hydroxyl groups is 1. The molecule has 0 saturated heterocycles. The van der Waals surface area contributed by atoms with Gasteiger partial charge in [0.15, 0.2) is 0 Å². The minimum atomic E-state index is -1.23. The van der Waals surface area contributed by atoms with E-state index in [4.69, 9.17) is 4.74 Å². The maximum Gasteiger partial charge on any atom is 0.407 e. The first-order valence-electron chi connectivity index (χ1n) is 13.3. The number of nitrogens with one attached hydrogen (secondary N) is 2. The lowest BCUT2D eigenvalue weighted by atomic mass is 9.99. The summed E-state index contributed by atoms with van der Waals surface area (Å²) in [4.78, 5) is 39.9. The Morgan fingerprint density at radius 3 is 2.15 bits per heavy atom. The monoisotopic (exact) mass is 547 g/mol. The molecule has 2 rings (SSSR count). The lowest BCUT2D eigenvalue weighted by Gasteiger charge is -2.25. The van der Waals surface area contributed by atoms with E-state index in [0.717, 1.165) is 24.5 Å². The van der Waals surface area contributed by atoms with Gasteiger partial charge in [-0.15, -0.1) is 0 Å². The van der Waals surface area contributed by atoms with Crippen LogP contribution in [0.4, 0.5) is 13.6 Å². The van der Waals surface area contributed by atoms with E-state index >= 15 is 0 Å². The van der Waals surface area contributed by atoms with Crippen LogP contribution in [-0.4, -0.2) is 66.3 Å². The first kappa shape index (κ1) is 31.7. The molecular weight excluding hydrogens is 508 g/mol. The summed E-state index contributed by atoms with van der Waals surface area (Å²) >= 11 is 0. The third-order valence-electron chi connectivity index (χ3n) is 6.04. The van der Waals surface area contributed by atoms with Crippen molar-refractivity contribution in [2.45, 2.75) is 65.5 Å². The van der Waals surface area contributed by atoms with Crippen molar-refractivity contribution in [3.05, 3.63) is 70.3 Å². The Hall–Kier alpha value is -3.53. The highest BCUT2D eigenvalue weighted by atomic mass is 19.1. The maximum absolute atomic E-state index is 13.7. The summed E-state index contributed by atoms with van der Waals surface area (Å²) < 4.78 is 32.1. The van der Waals surface area contributed by atoms with Crippen molar-refractivity contribution < 1.29 is 33.0 Å². The average molecular weight is 548 g/mol. The molecule has 0 bridgehead atoms. The molecule has 3 amide bonds. The lowest BCUT2D eigenvalue weighted by Crippen LogP contribution is -2.48. The number of alkyl carbamates (subject to hydrolysis) is 1. The molecule has 0 aliphatic rings. The quantitative estimate of drug-likeness (QED) is 0.326. The normalized spacial score (nSPS) is 12.4. The molecule has 0 spiro atoms.